The van der Waals surface area contributed by atoms with Gasteiger partial charge < -0.3 is 0 Å². The molecule has 2 rings (SSSR count). The van der Waals surface area contributed by atoms with Gasteiger partial charge in [-0.15, -0.1) is 0 Å². The van der Waals surface area contributed by atoms with E-state index in [1.165, 1.54) is 12.1 Å². The average molecular weight is 232 g/mol. The molecule has 1 aliphatic heterocycles. The lowest BCUT2D eigenvalue weighted by Crippen LogP contribution is -2.11. The van der Waals surface area contributed by atoms with Gasteiger partial charge in [-0.2, -0.15) is 5.26 Å². The third-order valence-electron chi connectivity index (χ3n) is 2.80. The molecule has 0 amide bonds. The number of dihydropyridines is 1. The van der Waals surface area contributed by atoms with Crippen molar-refractivity contribution in [2.45, 2.75) is 13.0 Å². The van der Waals surface area contributed by atoms with Gasteiger partial charge >= 0.3 is 0 Å². The van der Waals surface area contributed by atoms with Crippen molar-refractivity contribution in [1.29, 1.82) is 5.26 Å². The Bertz CT molecular complexity index is 541. The molecule has 0 radical (unpaired) electrons. The summed E-state index contributed by atoms with van der Waals surface area (Å²) >= 11 is 0. The lowest BCUT2D eigenvalue weighted by Gasteiger charge is -2.20. The highest BCUT2D eigenvalue weighted by molar-refractivity contribution is 5.72. The molecule has 0 aliphatic carbocycles. The third-order valence-corrected chi connectivity index (χ3v) is 2.80. The number of benzene rings is 1. The number of nitriles is 1. The minimum absolute atomic E-state index is 0.0199. The van der Waals surface area contributed by atoms with E-state index >= 15 is 0 Å². The van der Waals surface area contributed by atoms with Gasteiger partial charge in [0.1, 0.15) is 23.3 Å². The molecule has 0 saturated heterocycles. The number of halogens is 2. The summed E-state index contributed by atoms with van der Waals surface area (Å²) in [6.45, 7) is 1.90. The van der Waals surface area contributed by atoms with Crippen molar-refractivity contribution < 1.29 is 8.78 Å². The van der Waals surface area contributed by atoms with Gasteiger partial charge in [0.05, 0.1) is 6.04 Å². The van der Waals surface area contributed by atoms with Crippen LogP contribution in [0.2, 0.25) is 0 Å². The van der Waals surface area contributed by atoms with Gasteiger partial charge in [0, 0.05) is 17.7 Å². The molecule has 0 fully saturated rings. The predicted molar refractivity (Wildman–Crippen MR) is 60.6 cm³/mol. The van der Waals surface area contributed by atoms with Crippen LogP contribution >= 0.6 is 0 Å². The Kier molecular flexibility index (Phi) is 3.01. The van der Waals surface area contributed by atoms with Crippen LogP contribution in [0.4, 0.5) is 8.78 Å². The predicted octanol–water partition coefficient (Wildman–Crippen LogP) is 3.15. The molecule has 1 aromatic rings. The highest BCUT2D eigenvalue weighted by atomic mass is 19.1. The van der Waals surface area contributed by atoms with Crippen LogP contribution in [0.15, 0.2) is 29.3 Å². The Morgan fingerprint density at radius 3 is 2.76 bits per heavy atom. The largest absolute Gasteiger partial charge is 0.284 e. The van der Waals surface area contributed by atoms with Crippen molar-refractivity contribution in [3.05, 3.63) is 47.0 Å². The van der Waals surface area contributed by atoms with E-state index in [4.69, 9.17) is 5.26 Å². The second-order valence-corrected chi connectivity index (χ2v) is 3.92. The third kappa shape index (κ3) is 1.96. The molecule has 0 bridgehead atoms. The molecule has 1 aromatic carbocycles. The summed E-state index contributed by atoms with van der Waals surface area (Å²) in [5, 5.41) is 8.71. The SMILES string of the molecule is CC1C=CC=NC1c1ccc(F)c(C#N)c1F. The lowest BCUT2D eigenvalue weighted by atomic mass is 9.91. The number of rotatable bonds is 1. The summed E-state index contributed by atoms with van der Waals surface area (Å²) in [5.41, 5.74) is -0.282. The van der Waals surface area contributed by atoms with Crippen LogP contribution in [0.25, 0.3) is 0 Å². The van der Waals surface area contributed by atoms with Crippen LogP contribution < -0.4 is 0 Å². The van der Waals surface area contributed by atoms with Crippen molar-refractivity contribution in [3.8, 4) is 6.07 Å². The quantitative estimate of drug-likeness (QED) is 0.732. The number of hydrogen-bond donors (Lipinski definition) is 0. The molecule has 0 saturated carbocycles. The molecule has 2 atom stereocenters. The molecule has 2 unspecified atom stereocenters. The van der Waals surface area contributed by atoms with Crippen molar-refractivity contribution in [3.63, 3.8) is 0 Å². The molecule has 0 spiro atoms. The van der Waals surface area contributed by atoms with Gasteiger partial charge in [-0.25, -0.2) is 8.78 Å². The number of aliphatic imine (C=N–C) groups is 1. The fraction of sp³-hybridized carbons (Fsp3) is 0.231. The molecule has 1 aliphatic rings. The minimum Gasteiger partial charge on any atom is -0.284 e. The smallest absolute Gasteiger partial charge is 0.149 e. The van der Waals surface area contributed by atoms with Crippen LogP contribution in [0.3, 0.4) is 0 Å². The Balaban J connectivity index is 2.51. The van der Waals surface area contributed by atoms with Crippen molar-refractivity contribution in [2.24, 2.45) is 10.9 Å². The maximum absolute atomic E-state index is 13.9. The zero-order chi connectivity index (χ0) is 12.4. The van der Waals surface area contributed by atoms with E-state index < -0.39 is 23.2 Å². The first-order chi connectivity index (χ1) is 8.15. The first-order valence-electron chi connectivity index (χ1n) is 5.23. The van der Waals surface area contributed by atoms with E-state index in [-0.39, 0.29) is 11.5 Å². The van der Waals surface area contributed by atoms with Crippen LogP contribution in [-0.4, -0.2) is 6.21 Å². The summed E-state index contributed by atoms with van der Waals surface area (Å²) in [6, 6.07) is 3.60. The average Bonchev–Trinajstić information content (AvgIpc) is 2.31. The molecule has 2 nitrogen and oxygen atoms in total. The summed E-state index contributed by atoms with van der Waals surface area (Å²) in [5.74, 6) is -1.62. The number of hydrogen-bond acceptors (Lipinski definition) is 2. The molecule has 4 heteroatoms. The van der Waals surface area contributed by atoms with Gasteiger partial charge in [0.15, 0.2) is 0 Å². The second kappa shape index (κ2) is 4.46. The minimum atomic E-state index is -0.836. The normalized spacial score (nSPS) is 22.5. The molecule has 0 aromatic heterocycles. The number of nitrogens with zero attached hydrogens (tertiary/aromatic N) is 2. The summed E-state index contributed by atoms with van der Waals surface area (Å²) < 4.78 is 27.1. The Labute approximate surface area is 97.9 Å². The Hall–Kier alpha value is -2.02. The maximum Gasteiger partial charge on any atom is 0.149 e. The van der Waals surface area contributed by atoms with Crippen LogP contribution in [-0.2, 0) is 0 Å². The van der Waals surface area contributed by atoms with Gasteiger partial charge in [0.2, 0.25) is 0 Å². The van der Waals surface area contributed by atoms with Crippen molar-refractivity contribution in [1.82, 2.24) is 0 Å². The van der Waals surface area contributed by atoms with Crippen LogP contribution in [0, 0.1) is 28.9 Å². The first kappa shape index (κ1) is 11.5. The van der Waals surface area contributed by atoms with Gasteiger partial charge in [-0.05, 0) is 12.1 Å². The summed E-state index contributed by atoms with van der Waals surface area (Å²) in [4.78, 5) is 4.16. The molecule has 0 N–H and O–H groups in total. The second-order valence-electron chi connectivity index (χ2n) is 3.92. The van der Waals surface area contributed by atoms with E-state index in [9.17, 15) is 8.78 Å². The molecular weight excluding hydrogens is 222 g/mol. The lowest BCUT2D eigenvalue weighted by molar-refractivity contribution is 0.508. The fourth-order valence-corrected chi connectivity index (χ4v) is 1.87. The standard InChI is InChI=1S/C13H10F2N2/c1-8-3-2-6-17-13(8)9-4-5-11(14)10(7-16)12(9)15/h2-6,8,13H,1H3. The summed E-state index contributed by atoms with van der Waals surface area (Å²) in [7, 11) is 0. The topological polar surface area (TPSA) is 36.1 Å². The van der Waals surface area contributed by atoms with Gasteiger partial charge in [0.25, 0.3) is 0 Å². The highest BCUT2D eigenvalue weighted by Crippen LogP contribution is 2.32. The molecule has 1 heterocycles. The van der Waals surface area contributed by atoms with E-state index in [1.54, 1.807) is 12.3 Å². The first-order valence-corrected chi connectivity index (χ1v) is 5.23. The van der Waals surface area contributed by atoms with Crippen LogP contribution in [0.1, 0.15) is 24.1 Å². The van der Waals surface area contributed by atoms with E-state index in [2.05, 4.69) is 4.99 Å². The highest BCUT2D eigenvalue weighted by Gasteiger charge is 2.24. The van der Waals surface area contributed by atoms with Gasteiger partial charge in [-0.3, -0.25) is 4.99 Å². The Morgan fingerprint density at radius 2 is 2.12 bits per heavy atom. The molecular formula is C13H10F2N2. The molecule has 86 valence electrons. The zero-order valence-corrected chi connectivity index (χ0v) is 9.19. The maximum atomic E-state index is 13.9. The monoisotopic (exact) mass is 232 g/mol. The van der Waals surface area contributed by atoms with Crippen molar-refractivity contribution >= 4 is 6.21 Å². The van der Waals surface area contributed by atoms with E-state index in [0.717, 1.165) is 6.07 Å². The fourth-order valence-electron chi connectivity index (χ4n) is 1.87. The number of allylic oxidation sites excluding steroid dienone is 1. The van der Waals surface area contributed by atoms with Crippen LogP contribution in [0.5, 0.6) is 0 Å². The Morgan fingerprint density at radius 1 is 1.35 bits per heavy atom. The zero-order valence-electron chi connectivity index (χ0n) is 9.19. The molecule has 17 heavy (non-hydrogen) atoms. The van der Waals surface area contributed by atoms with Gasteiger partial charge in [-0.1, -0.05) is 19.1 Å². The van der Waals surface area contributed by atoms with E-state index in [1.807, 2.05) is 13.0 Å². The summed E-state index contributed by atoms with van der Waals surface area (Å²) in [6.07, 6.45) is 5.26. The van der Waals surface area contributed by atoms with E-state index in [0.29, 0.717) is 0 Å². The van der Waals surface area contributed by atoms with Crippen molar-refractivity contribution in [2.75, 3.05) is 0 Å².